The molecule has 0 unspecified atom stereocenters. The van der Waals surface area contributed by atoms with E-state index in [0.717, 1.165) is 36.0 Å². The Morgan fingerprint density at radius 1 is 1.23 bits per heavy atom. The van der Waals surface area contributed by atoms with Gasteiger partial charge in [0.1, 0.15) is 11.6 Å². The molecular formula is C22H15ClN6O. The summed E-state index contributed by atoms with van der Waals surface area (Å²) in [5.41, 5.74) is 3.40. The van der Waals surface area contributed by atoms with Crippen LogP contribution in [0.1, 0.15) is 33.6 Å². The maximum atomic E-state index is 13.5. The van der Waals surface area contributed by atoms with E-state index in [1.807, 2.05) is 12.1 Å². The summed E-state index contributed by atoms with van der Waals surface area (Å²) in [7, 11) is 0. The lowest BCUT2D eigenvalue weighted by Gasteiger charge is -2.14. The van der Waals surface area contributed by atoms with Gasteiger partial charge in [-0.25, -0.2) is 4.98 Å². The van der Waals surface area contributed by atoms with Crippen LogP contribution in [0.3, 0.4) is 0 Å². The van der Waals surface area contributed by atoms with Crippen LogP contribution in [0.2, 0.25) is 5.02 Å². The highest BCUT2D eigenvalue weighted by atomic mass is 35.5. The lowest BCUT2D eigenvalue weighted by Crippen LogP contribution is -2.19. The maximum Gasteiger partial charge on any atom is 0.257 e. The van der Waals surface area contributed by atoms with E-state index in [1.54, 1.807) is 30.5 Å². The molecule has 0 saturated carbocycles. The van der Waals surface area contributed by atoms with Crippen LogP contribution in [-0.2, 0) is 12.8 Å². The monoisotopic (exact) mass is 414 g/mol. The molecule has 30 heavy (non-hydrogen) atoms. The minimum absolute atomic E-state index is 0.252. The lowest BCUT2D eigenvalue weighted by atomic mass is 10.0. The standard InChI is InChI=1S/C22H15ClN6O/c23-14-7-8-18-16(10-14)20(15-4-3-5-17(15)27-18)22(30)28-21-13(11-24)12-26-29(21)19-6-1-2-9-25-19/h1-2,6-10,12H,3-5H2,(H,28,30). The quantitative estimate of drug-likeness (QED) is 0.544. The topological polar surface area (TPSA) is 96.5 Å². The van der Waals surface area contributed by atoms with Gasteiger partial charge in [-0.15, -0.1) is 0 Å². The van der Waals surface area contributed by atoms with E-state index < -0.39 is 0 Å². The van der Waals surface area contributed by atoms with Crippen molar-refractivity contribution in [3.05, 3.63) is 76.2 Å². The Kier molecular flexibility index (Phi) is 4.42. The number of aromatic nitrogens is 4. The van der Waals surface area contributed by atoms with Crippen LogP contribution in [0.5, 0.6) is 0 Å². The highest BCUT2D eigenvalue weighted by Crippen LogP contribution is 2.32. The van der Waals surface area contributed by atoms with Gasteiger partial charge in [0.05, 0.1) is 17.3 Å². The van der Waals surface area contributed by atoms with Crippen molar-refractivity contribution >= 4 is 34.2 Å². The number of rotatable bonds is 3. The zero-order valence-corrected chi connectivity index (χ0v) is 16.5. The van der Waals surface area contributed by atoms with Crippen LogP contribution in [0.4, 0.5) is 5.82 Å². The molecule has 5 rings (SSSR count). The predicted molar refractivity (Wildman–Crippen MR) is 113 cm³/mol. The molecule has 0 aliphatic heterocycles. The van der Waals surface area contributed by atoms with Crippen molar-refractivity contribution in [2.24, 2.45) is 0 Å². The van der Waals surface area contributed by atoms with Gasteiger partial charge in [-0.05, 0) is 55.2 Å². The van der Waals surface area contributed by atoms with Gasteiger partial charge >= 0.3 is 0 Å². The van der Waals surface area contributed by atoms with Crippen LogP contribution in [-0.4, -0.2) is 25.7 Å². The Labute approximate surface area is 176 Å². The number of fused-ring (bicyclic) bond motifs is 2. The molecule has 0 saturated heterocycles. The van der Waals surface area contributed by atoms with Crippen molar-refractivity contribution in [1.82, 2.24) is 19.7 Å². The molecular weight excluding hydrogens is 400 g/mol. The van der Waals surface area contributed by atoms with Gasteiger partial charge in [0.2, 0.25) is 0 Å². The maximum absolute atomic E-state index is 13.5. The summed E-state index contributed by atoms with van der Waals surface area (Å²) < 4.78 is 1.45. The summed E-state index contributed by atoms with van der Waals surface area (Å²) in [5.74, 6) is 0.457. The van der Waals surface area contributed by atoms with Gasteiger partial charge in [-0.2, -0.15) is 15.0 Å². The smallest absolute Gasteiger partial charge is 0.257 e. The first-order valence-electron chi connectivity index (χ1n) is 9.47. The number of nitrogens with one attached hydrogen (secondary N) is 1. The van der Waals surface area contributed by atoms with Crippen molar-refractivity contribution in [1.29, 1.82) is 5.26 Å². The number of carbonyl (C=O) groups is 1. The number of nitrogens with zero attached hydrogens (tertiary/aromatic N) is 5. The molecule has 0 bridgehead atoms. The van der Waals surface area contributed by atoms with Crippen molar-refractivity contribution in [3.63, 3.8) is 0 Å². The van der Waals surface area contributed by atoms with E-state index in [1.165, 1.54) is 10.9 Å². The SMILES string of the molecule is N#Cc1cnn(-c2ccccn2)c1NC(=O)c1c2c(nc3ccc(Cl)cc13)CCC2. The summed E-state index contributed by atoms with van der Waals surface area (Å²) >= 11 is 6.22. The molecule has 3 aromatic heterocycles. The van der Waals surface area contributed by atoms with Crippen LogP contribution in [0.15, 0.2) is 48.8 Å². The molecule has 1 aromatic carbocycles. The van der Waals surface area contributed by atoms with Gasteiger partial charge < -0.3 is 5.32 Å². The number of nitriles is 1. The third kappa shape index (κ3) is 2.98. The highest BCUT2D eigenvalue weighted by Gasteiger charge is 2.26. The number of aryl methyl sites for hydroxylation is 1. The fourth-order valence-corrected chi connectivity index (χ4v) is 4.04. The summed E-state index contributed by atoms with van der Waals surface area (Å²) in [5, 5.41) is 17.9. The van der Waals surface area contributed by atoms with E-state index in [2.05, 4.69) is 21.5 Å². The van der Waals surface area contributed by atoms with Gasteiger partial charge in [0.25, 0.3) is 5.91 Å². The van der Waals surface area contributed by atoms with E-state index in [0.29, 0.717) is 21.8 Å². The van der Waals surface area contributed by atoms with Crippen molar-refractivity contribution in [2.75, 3.05) is 5.32 Å². The van der Waals surface area contributed by atoms with Gasteiger partial charge in [0.15, 0.2) is 11.6 Å². The number of hydrogen-bond acceptors (Lipinski definition) is 5. The minimum Gasteiger partial charge on any atom is -0.305 e. The normalized spacial score (nSPS) is 12.5. The average molecular weight is 415 g/mol. The fourth-order valence-electron chi connectivity index (χ4n) is 3.87. The molecule has 1 aliphatic rings. The minimum atomic E-state index is -0.322. The Morgan fingerprint density at radius 2 is 2.13 bits per heavy atom. The van der Waals surface area contributed by atoms with E-state index >= 15 is 0 Å². The molecule has 0 spiro atoms. The predicted octanol–water partition coefficient (Wildman–Crippen LogP) is 4.08. The third-order valence-corrected chi connectivity index (χ3v) is 5.42. The van der Waals surface area contributed by atoms with Crippen molar-refractivity contribution in [2.45, 2.75) is 19.3 Å². The first-order chi connectivity index (χ1) is 14.7. The number of benzene rings is 1. The largest absolute Gasteiger partial charge is 0.305 e. The second-order valence-corrected chi connectivity index (χ2v) is 7.44. The molecule has 4 aromatic rings. The second kappa shape index (κ2) is 7.25. The van der Waals surface area contributed by atoms with Crippen molar-refractivity contribution in [3.8, 4) is 11.9 Å². The molecule has 0 radical (unpaired) electrons. The number of hydrogen-bond donors (Lipinski definition) is 1. The highest BCUT2D eigenvalue weighted by molar-refractivity contribution is 6.31. The summed E-state index contributed by atoms with van der Waals surface area (Å²) in [6, 6.07) is 12.8. The average Bonchev–Trinajstić information content (AvgIpc) is 3.39. The number of halogens is 1. The summed E-state index contributed by atoms with van der Waals surface area (Å²) in [6.07, 6.45) is 5.60. The van der Waals surface area contributed by atoms with Crippen LogP contribution in [0.25, 0.3) is 16.7 Å². The van der Waals surface area contributed by atoms with Gasteiger partial charge in [-0.3, -0.25) is 9.78 Å². The molecule has 7 nitrogen and oxygen atoms in total. The Morgan fingerprint density at radius 3 is 2.93 bits per heavy atom. The number of pyridine rings is 2. The Bertz CT molecular complexity index is 1340. The molecule has 0 atom stereocenters. The molecule has 8 heteroatoms. The molecule has 0 fully saturated rings. The fraction of sp³-hybridized carbons (Fsp3) is 0.136. The Balaban J connectivity index is 1.65. The van der Waals surface area contributed by atoms with Gasteiger partial charge in [-0.1, -0.05) is 17.7 Å². The lowest BCUT2D eigenvalue weighted by molar-refractivity contribution is 0.102. The first kappa shape index (κ1) is 18.3. The zero-order valence-electron chi connectivity index (χ0n) is 15.8. The number of anilines is 1. The molecule has 1 aliphatic carbocycles. The first-order valence-corrected chi connectivity index (χ1v) is 9.85. The zero-order chi connectivity index (χ0) is 20.7. The van der Waals surface area contributed by atoms with Crippen LogP contribution < -0.4 is 5.32 Å². The summed E-state index contributed by atoms with van der Waals surface area (Å²) in [6.45, 7) is 0. The third-order valence-electron chi connectivity index (χ3n) is 5.19. The van der Waals surface area contributed by atoms with Crippen molar-refractivity contribution < 1.29 is 4.79 Å². The van der Waals surface area contributed by atoms with E-state index in [9.17, 15) is 10.1 Å². The van der Waals surface area contributed by atoms with Crippen LogP contribution >= 0.6 is 11.6 Å². The molecule has 1 N–H and O–H groups in total. The van der Waals surface area contributed by atoms with E-state index in [-0.39, 0.29) is 17.3 Å². The summed E-state index contributed by atoms with van der Waals surface area (Å²) in [4.78, 5) is 22.5. The second-order valence-electron chi connectivity index (χ2n) is 7.00. The van der Waals surface area contributed by atoms with Crippen LogP contribution in [0, 0.1) is 11.3 Å². The van der Waals surface area contributed by atoms with E-state index in [4.69, 9.17) is 16.6 Å². The Hall–Kier alpha value is -3.76. The molecule has 146 valence electrons. The number of amides is 1. The van der Waals surface area contributed by atoms with Gasteiger partial charge in [0, 0.05) is 22.3 Å². The molecule has 3 heterocycles. The number of carbonyl (C=O) groups excluding carboxylic acids is 1. The molecule has 1 amide bonds.